The molecule has 1 unspecified atom stereocenters. The Balaban J connectivity index is 2.37. The number of nitrogens with zero attached hydrogens (tertiary/aromatic N) is 1. The van der Waals surface area contributed by atoms with E-state index >= 15 is 0 Å². The van der Waals surface area contributed by atoms with E-state index in [1.165, 1.54) is 25.3 Å². The van der Waals surface area contributed by atoms with Crippen molar-refractivity contribution in [3.05, 3.63) is 33.9 Å². The smallest absolute Gasteiger partial charge is 0.311 e. The summed E-state index contributed by atoms with van der Waals surface area (Å²) in [7, 11) is 1.46. The highest BCUT2D eigenvalue weighted by Gasteiger charge is 2.42. The van der Waals surface area contributed by atoms with E-state index in [-0.39, 0.29) is 12.1 Å². The van der Waals surface area contributed by atoms with Crippen LogP contribution in [0.2, 0.25) is 0 Å². The number of carboxylic acid groups (broad SMARTS) is 1. The summed E-state index contributed by atoms with van der Waals surface area (Å²) >= 11 is 0. The first-order chi connectivity index (χ1) is 9.48. The van der Waals surface area contributed by atoms with Crippen LogP contribution < -0.4 is 10.1 Å². The average molecular weight is 280 g/mol. The molecule has 7 heteroatoms. The number of hydrogen-bond acceptors (Lipinski definition) is 5. The third-order valence-electron chi connectivity index (χ3n) is 3.70. The van der Waals surface area contributed by atoms with Crippen molar-refractivity contribution in [1.82, 2.24) is 5.32 Å². The van der Waals surface area contributed by atoms with Crippen molar-refractivity contribution in [3.8, 4) is 5.75 Å². The molecule has 0 aliphatic carbocycles. The van der Waals surface area contributed by atoms with E-state index in [0.717, 1.165) is 0 Å². The number of carbonyl (C=O) groups is 1. The van der Waals surface area contributed by atoms with Gasteiger partial charge in [0.2, 0.25) is 0 Å². The summed E-state index contributed by atoms with van der Waals surface area (Å²) in [4.78, 5) is 21.9. The Kier molecular flexibility index (Phi) is 3.89. The van der Waals surface area contributed by atoms with E-state index < -0.39 is 16.3 Å². The van der Waals surface area contributed by atoms with Crippen molar-refractivity contribution in [1.29, 1.82) is 0 Å². The second-order valence-corrected chi connectivity index (χ2v) is 4.94. The Morgan fingerprint density at radius 1 is 1.60 bits per heavy atom. The second-order valence-electron chi connectivity index (χ2n) is 4.94. The number of carboxylic acids is 1. The minimum atomic E-state index is -0.928. The molecule has 0 amide bonds. The molecule has 0 saturated carbocycles. The highest BCUT2D eigenvalue weighted by molar-refractivity contribution is 5.76. The molecule has 0 spiro atoms. The third-order valence-corrected chi connectivity index (χ3v) is 3.70. The molecule has 1 aliphatic heterocycles. The van der Waals surface area contributed by atoms with E-state index in [2.05, 4.69) is 5.32 Å². The molecular weight excluding hydrogens is 264 g/mol. The van der Waals surface area contributed by atoms with Crippen molar-refractivity contribution in [2.75, 3.05) is 20.2 Å². The second kappa shape index (κ2) is 5.46. The van der Waals surface area contributed by atoms with Crippen molar-refractivity contribution in [3.63, 3.8) is 0 Å². The van der Waals surface area contributed by atoms with Crippen LogP contribution in [0.15, 0.2) is 18.2 Å². The van der Waals surface area contributed by atoms with Gasteiger partial charge in [0.05, 0.1) is 17.4 Å². The van der Waals surface area contributed by atoms with Crippen molar-refractivity contribution < 1.29 is 19.6 Å². The van der Waals surface area contributed by atoms with Crippen LogP contribution >= 0.6 is 0 Å². The summed E-state index contributed by atoms with van der Waals surface area (Å²) in [6.45, 7) is 0.984. The first-order valence-corrected chi connectivity index (χ1v) is 6.24. The lowest BCUT2D eigenvalue weighted by atomic mass is 9.80. The van der Waals surface area contributed by atoms with Crippen molar-refractivity contribution >= 4 is 11.7 Å². The van der Waals surface area contributed by atoms with Gasteiger partial charge in [-0.05, 0) is 25.5 Å². The van der Waals surface area contributed by atoms with Crippen LogP contribution in [0.4, 0.5) is 5.69 Å². The number of benzene rings is 1. The van der Waals surface area contributed by atoms with Gasteiger partial charge in [-0.3, -0.25) is 14.9 Å². The average Bonchev–Trinajstić information content (AvgIpc) is 2.88. The zero-order valence-corrected chi connectivity index (χ0v) is 11.1. The summed E-state index contributed by atoms with van der Waals surface area (Å²) in [6.07, 6.45) is 0.703. The molecule has 1 heterocycles. The van der Waals surface area contributed by atoms with Crippen LogP contribution in [-0.2, 0) is 11.2 Å². The van der Waals surface area contributed by atoms with Gasteiger partial charge in [0.25, 0.3) is 5.69 Å². The molecule has 1 aliphatic rings. The predicted molar refractivity (Wildman–Crippen MR) is 70.9 cm³/mol. The largest absolute Gasteiger partial charge is 0.496 e. The Morgan fingerprint density at radius 2 is 2.35 bits per heavy atom. The van der Waals surface area contributed by atoms with Gasteiger partial charge in [-0.1, -0.05) is 0 Å². The molecule has 1 fully saturated rings. The van der Waals surface area contributed by atoms with Crippen LogP contribution in [0.5, 0.6) is 5.75 Å². The lowest BCUT2D eigenvalue weighted by molar-refractivity contribution is -0.384. The quantitative estimate of drug-likeness (QED) is 0.621. The number of ether oxygens (including phenoxy) is 1. The maximum Gasteiger partial charge on any atom is 0.311 e. The molecule has 1 atom stereocenters. The molecule has 0 radical (unpaired) electrons. The zero-order chi connectivity index (χ0) is 14.8. The zero-order valence-electron chi connectivity index (χ0n) is 11.1. The minimum Gasteiger partial charge on any atom is -0.496 e. The number of non-ortho nitro benzene ring substituents is 1. The summed E-state index contributed by atoms with van der Waals surface area (Å²) in [5.41, 5.74) is -0.442. The monoisotopic (exact) mass is 280 g/mol. The van der Waals surface area contributed by atoms with Crippen molar-refractivity contribution in [2.45, 2.75) is 12.8 Å². The Hall–Kier alpha value is -2.15. The molecule has 1 saturated heterocycles. The maximum atomic E-state index is 11.5. The first kappa shape index (κ1) is 14.3. The van der Waals surface area contributed by atoms with Crippen molar-refractivity contribution in [2.24, 2.45) is 5.41 Å². The highest BCUT2D eigenvalue weighted by Crippen LogP contribution is 2.35. The van der Waals surface area contributed by atoms with Crippen LogP contribution in [0, 0.1) is 15.5 Å². The normalized spacial score (nSPS) is 21.6. The summed E-state index contributed by atoms with van der Waals surface area (Å²) in [6, 6.07) is 4.25. The summed E-state index contributed by atoms with van der Waals surface area (Å²) < 4.78 is 5.18. The van der Waals surface area contributed by atoms with E-state index in [1.807, 2.05) is 0 Å². The Labute approximate surface area is 115 Å². The summed E-state index contributed by atoms with van der Waals surface area (Å²) in [5.74, 6) is -0.417. The molecule has 0 aromatic heterocycles. The van der Waals surface area contributed by atoms with E-state index in [9.17, 15) is 20.0 Å². The number of rotatable bonds is 5. The van der Waals surface area contributed by atoms with Gasteiger partial charge >= 0.3 is 5.97 Å². The van der Waals surface area contributed by atoms with E-state index in [4.69, 9.17) is 4.74 Å². The Morgan fingerprint density at radius 3 is 2.85 bits per heavy atom. The number of nitrogens with one attached hydrogen (secondary N) is 1. The number of hydrogen-bond donors (Lipinski definition) is 2. The molecule has 2 N–H and O–H groups in total. The Bertz CT molecular complexity index is 538. The molecule has 0 bridgehead atoms. The molecule has 108 valence electrons. The molecule has 20 heavy (non-hydrogen) atoms. The van der Waals surface area contributed by atoms with Gasteiger partial charge in [0.1, 0.15) is 5.75 Å². The topological polar surface area (TPSA) is 102 Å². The van der Waals surface area contributed by atoms with Gasteiger partial charge in [-0.25, -0.2) is 0 Å². The lowest BCUT2D eigenvalue weighted by Gasteiger charge is -2.23. The standard InChI is InChI=1S/C13H16N2O5/c1-20-11-3-2-10(15(18)19)6-9(11)7-13(12(16)17)4-5-14-8-13/h2-3,6,14H,4-5,7-8H2,1H3,(H,16,17). The molecule has 1 aromatic carbocycles. The highest BCUT2D eigenvalue weighted by atomic mass is 16.6. The lowest BCUT2D eigenvalue weighted by Crippen LogP contribution is -2.35. The first-order valence-electron chi connectivity index (χ1n) is 6.24. The van der Waals surface area contributed by atoms with Crippen LogP contribution in [0.1, 0.15) is 12.0 Å². The number of methoxy groups -OCH3 is 1. The maximum absolute atomic E-state index is 11.5. The van der Waals surface area contributed by atoms with Gasteiger partial charge in [0, 0.05) is 24.2 Å². The molecule has 7 nitrogen and oxygen atoms in total. The molecular formula is C13H16N2O5. The fourth-order valence-electron chi connectivity index (χ4n) is 2.53. The predicted octanol–water partition coefficient (Wildman–Crippen LogP) is 1.21. The fraction of sp³-hybridized carbons (Fsp3) is 0.462. The fourth-order valence-corrected chi connectivity index (χ4v) is 2.53. The van der Waals surface area contributed by atoms with Crippen LogP contribution in [0.25, 0.3) is 0 Å². The number of aliphatic carboxylic acids is 1. The molecule has 1 aromatic rings. The van der Waals surface area contributed by atoms with Crippen LogP contribution in [-0.4, -0.2) is 36.2 Å². The molecule has 2 rings (SSSR count). The third kappa shape index (κ3) is 2.57. The van der Waals surface area contributed by atoms with Gasteiger partial charge in [-0.15, -0.1) is 0 Å². The summed E-state index contributed by atoms with van der Waals surface area (Å²) in [5, 5.41) is 23.3. The van der Waals surface area contributed by atoms with Gasteiger partial charge in [0.15, 0.2) is 0 Å². The van der Waals surface area contributed by atoms with Gasteiger partial charge < -0.3 is 15.2 Å². The van der Waals surface area contributed by atoms with Gasteiger partial charge in [-0.2, -0.15) is 0 Å². The SMILES string of the molecule is COc1ccc([N+](=O)[O-])cc1CC1(C(=O)O)CCNC1. The van der Waals surface area contributed by atoms with E-state index in [1.54, 1.807) is 0 Å². The van der Waals surface area contributed by atoms with Crippen LogP contribution in [0.3, 0.4) is 0 Å². The van der Waals surface area contributed by atoms with E-state index in [0.29, 0.717) is 30.8 Å². The number of nitro groups is 1. The number of nitro benzene ring substituents is 1. The minimum absolute atomic E-state index is 0.0627.